The van der Waals surface area contributed by atoms with Gasteiger partial charge in [-0.15, -0.1) is 0 Å². The first-order chi connectivity index (χ1) is 13.7. The molecule has 0 radical (unpaired) electrons. The fourth-order valence-corrected chi connectivity index (χ4v) is 4.59. The molecule has 4 rings (SSSR count). The molecule has 1 aliphatic rings. The van der Waals surface area contributed by atoms with Crippen molar-refractivity contribution in [3.05, 3.63) is 59.4 Å². The molecule has 4 nitrogen and oxygen atoms in total. The third-order valence-corrected chi connectivity index (χ3v) is 6.23. The van der Waals surface area contributed by atoms with Crippen LogP contribution in [-0.2, 0) is 13.0 Å². The lowest BCUT2D eigenvalue weighted by atomic mass is 9.95. The minimum absolute atomic E-state index is 0.156. The van der Waals surface area contributed by atoms with Gasteiger partial charge < -0.3 is 9.80 Å². The molecule has 1 aliphatic heterocycles. The zero-order valence-corrected chi connectivity index (χ0v) is 17.2. The van der Waals surface area contributed by atoms with Crippen molar-refractivity contribution in [2.75, 3.05) is 33.2 Å². The van der Waals surface area contributed by atoms with Gasteiger partial charge in [-0.1, -0.05) is 18.2 Å². The van der Waals surface area contributed by atoms with Gasteiger partial charge in [0.1, 0.15) is 16.9 Å². The number of piperidine rings is 1. The Kier molecular flexibility index (Phi) is 6.29. The molecule has 0 N–H and O–H groups in total. The Balaban J connectivity index is 1.19. The Morgan fingerprint density at radius 2 is 1.75 bits per heavy atom. The van der Waals surface area contributed by atoms with Crippen LogP contribution in [0.5, 0.6) is 0 Å². The molecule has 1 saturated heterocycles. The summed E-state index contributed by atoms with van der Waals surface area (Å²) in [5, 5.41) is 0. The molecule has 0 unspecified atom stereocenters. The Hall–Kier alpha value is -1.89. The standard InChI is InChI=1S/C22H27FN4S/c1-26(16-19-4-7-21-22(14-19)25-28-24-21)15-18-9-12-27(13-10-18)11-8-17-2-5-20(23)6-3-17/h2-7,14,18H,8-13,15-16H2,1H3. The van der Waals surface area contributed by atoms with E-state index in [-0.39, 0.29) is 5.82 Å². The molecule has 3 aromatic rings. The minimum atomic E-state index is -0.156. The number of likely N-dealkylation sites (tertiary alicyclic amines) is 1. The molecule has 0 aliphatic carbocycles. The van der Waals surface area contributed by atoms with E-state index >= 15 is 0 Å². The summed E-state index contributed by atoms with van der Waals surface area (Å²) >= 11 is 1.28. The van der Waals surface area contributed by atoms with Crippen LogP contribution < -0.4 is 0 Å². The van der Waals surface area contributed by atoms with Gasteiger partial charge in [0.15, 0.2) is 0 Å². The molecule has 0 amide bonds. The number of hydrogen-bond donors (Lipinski definition) is 0. The summed E-state index contributed by atoms with van der Waals surface area (Å²) in [4.78, 5) is 4.98. The molecule has 0 atom stereocenters. The number of benzene rings is 2. The van der Waals surface area contributed by atoms with E-state index in [1.165, 1.54) is 35.7 Å². The van der Waals surface area contributed by atoms with Crippen molar-refractivity contribution < 1.29 is 4.39 Å². The first-order valence-electron chi connectivity index (χ1n) is 10.0. The summed E-state index contributed by atoms with van der Waals surface area (Å²) in [7, 11) is 2.21. The molecule has 2 heterocycles. The second-order valence-electron chi connectivity index (χ2n) is 7.95. The number of hydrogen-bond acceptors (Lipinski definition) is 5. The molecule has 28 heavy (non-hydrogen) atoms. The molecular weight excluding hydrogens is 371 g/mol. The number of halogens is 1. The van der Waals surface area contributed by atoms with Crippen molar-refractivity contribution in [1.82, 2.24) is 18.5 Å². The van der Waals surface area contributed by atoms with Crippen LogP contribution in [0.2, 0.25) is 0 Å². The van der Waals surface area contributed by atoms with Crippen molar-refractivity contribution >= 4 is 22.8 Å². The molecule has 0 spiro atoms. The van der Waals surface area contributed by atoms with Crippen LogP contribution >= 0.6 is 11.7 Å². The van der Waals surface area contributed by atoms with Crippen LogP contribution in [0.25, 0.3) is 11.0 Å². The highest BCUT2D eigenvalue weighted by Crippen LogP contribution is 2.20. The van der Waals surface area contributed by atoms with Crippen LogP contribution in [0, 0.1) is 11.7 Å². The second kappa shape index (κ2) is 9.07. The Morgan fingerprint density at radius 3 is 2.54 bits per heavy atom. The highest BCUT2D eigenvalue weighted by Gasteiger charge is 2.20. The predicted octanol–water partition coefficient (Wildman–Crippen LogP) is 4.22. The summed E-state index contributed by atoms with van der Waals surface area (Å²) < 4.78 is 21.6. The van der Waals surface area contributed by atoms with E-state index in [2.05, 4.69) is 43.8 Å². The van der Waals surface area contributed by atoms with Crippen LogP contribution in [-0.4, -0.2) is 51.8 Å². The summed E-state index contributed by atoms with van der Waals surface area (Å²) in [5.41, 5.74) is 4.52. The largest absolute Gasteiger partial charge is 0.303 e. The fraction of sp³-hybridized carbons (Fsp3) is 0.455. The zero-order chi connectivity index (χ0) is 19.3. The van der Waals surface area contributed by atoms with Gasteiger partial charge in [-0.3, -0.25) is 0 Å². The second-order valence-corrected chi connectivity index (χ2v) is 8.47. The molecule has 148 valence electrons. The van der Waals surface area contributed by atoms with Crippen molar-refractivity contribution in [2.45, 2.75) is 25.8 Å². The normalized spacial score (nSPS) is 16.2. The first kappa shape index (κ1) is 19.4. The summed E-state index contributed by atoms with van der Waals surface area (Å²) in [6.45, 7) is 5.49. The number of nitrogens with zero attached hydrogens (tertiary/aromatic N) is 4. The first-order valence-corrected chi connectivity index (χ1v) is 10.8. The molecule has 1 fully saturated rings. The lowest BCUT2D eigenvalue weighted by Gasteiger charge is -2.34. The average molecular weight is 399 g/mol. The van der Waals surface area contributed by atoms with E-state index in [9.17, 15) is 4.39 Å². The van der Waals surface area contributed by atoms with E-state index < -0.39 is 0 Å². The molecular formula is C22H27FN4S. The van der Waals surface area contributed by atoms with Crippen LogP contribution in [0.3, 0.4) is 0 Å². The molecule has 1 aromatic heterocycles. The molecule has 0 bridgehead atoms. The van der Waals surface area contributed by atoms with Crippen molar-refractivity contribution in [3.63, 3.8) is 0 Å². The zero-order valence-electron chi connectivity index (χ0n) is 16.4. The van der Waals surface area contributed by atoms with Gasteiger partial charge in [0.25, 0.3) is 0 Å². The van der Waals surface area contributed by atoms with E-state index in [1.54, 1.807) is 12.1 Å². The Bertz CT molecular complexity index is 887. The number of rotatable bonds is 7. The van der Waals surface area contributed by atoms with Gasteiger partial charge in [-0.05, 0) is 80.7 Å². The maximum absolute atomic E-state index is 13.0. The summed E-state index contributed by atoms with van der Waals surface area (Å²) in [5.74, 6) is 0.605. The predicted molar refractivity (Wildman–Crippen MR) is 113 cm³/mol. The molecule has 2 aromatic carbocycles. The Morgan fingerprint density at radius 1 is 1.04 bits per heavy atom. The third kappa shape index (κ3) is 5.13. The highest BCUT2D eigenvalue weighted by atomic mass is 32.1. The van der Waals surface area contributed by atoms with Crippen molar-refractivity contribution in [3.8, 4) is 0 Å². The van der Waals surface area contributed by atoms with E-state index in [4.69, 9.17) is 0 Å². The highest BCUT2D eigenvalue weighted by molar-refractivity contribution is 7.00. The summed E-state index contributed by atoms with van der Waals surface area (Å²) in [6, 6.07) is 13.3. The minimum Gasteiger partial charge on any atom is -0.303 e. The SMILES string of the molecule is CN(Cc1ccc2nsnc2c1)CC1CCN(CCc2ccc(F)cc2)CC1. The van der Waals surface area contributed by atoms with E-state index in [0.29, 0.717) is 0 Å². The topological polar surface area (TPSA) is 32.3 Å². The van der Waals surface area contributed by atoms with Crippen molar-refractivity contribution in [1.29, 1.82) is 0 Å². The van der Waals surface area contributed by atoms with Gasteiger partial charge >= 0.3 is 0 Å². The summed E-state index contributed by atoms with van der Waals surface area (Å²) in [6.07, 6.45) is 3.50. The monoisotopic (exact) mass is 398 g/mol. The third-order valence-electron chi connectivity index (χ3n) is 5.68. The molecule has 0 saturated carbocycles. The maximum atomic E-state index is 13.0. The van der Waals surface area contributed by atoms with Gasteiger partial charge in [0.05, 0.1) is 11.7 Å². The Labute approximate surface area is 170 Å². The van der Waals surface area contributed by atoms with Crippen molar-refractivity contribution in [2.24, 2.45) is 5.92 Å². The van der Waals surface area contributed by atoms with Crippen LogP contribution in [0.1, 0.15) is 24.0 Å². The fourth-order valence-electron chi connectivity index (χ4n) is 4.07. The number of fused-ring (bicyclic) bond motifs is 1. The van der Waals surface area contributed by atoms with E-state index in [1.807, 2.05) is 12.1 Å². The van der Waals surface area contributed by atoms with Gasteiger partial charge in [0, 0.05) is 19.6 Å². The lowest BCUT2D eigenvalue weighted by molar-refractivity contribution is 0.153. The smallest absolute Gasteiger partial charge is 0.123 e. The lowest BCUT2D eigenvalue weighted by Crippen LogP contribution is -2.38. The van der Waals surface area contributed by atoms with Gasteiger partial charge in [-0.2, -0.15) is 8.75 Å². The number of aromatic nitrogens is 2. The maximum Gasteiger partial charge on any atom is 0.123 e. The average Bonchev–Trinajstić information content (AvgIpc) is 3.16. The van der Waals surface area contributed by atoms with Crippen LogP contribution in [0.4, 0.5) is 4.39 Å². The van der Waals surface area contributed by atoms with Crippen LogP contribution in [0.15, 0.2) is 42.5 Å². The van der Waals surface area contributed by atoms with Gasteiger partial charge in [0.2, 0.25) is 0 Å². The molecule has 6 heteroatoms. The van der Waals surface area contributed by atoms with E-state index in [0.717, 1.165) is 56.1 Å². The van der Waals surface area contributed by atoms with Gasteiger partial charge in [-0.25, -0.2) is 4.39 Å². The quantitative estimate of drug-likeness (QED) is 0.597.